The minimum absolute atomic E-state index is 0.0487. The van der Waals surface area contributed by atoms with Crippen LogP contribution in [0.25, 0.3) is 0 Å². The van der Waals surface area contributed by atoms with E-state index in [0.717, 1.165) is 5.56 Å². The van der Waals surface area contributed by atoms with Crippen LogP contribution in [0.15, 0.2) is 34.9 Å². The number of esters is 1. The molecule has 0 aliphatic carbocycles. The number of aryl methyl sites for hydroxylation is 1. The second kappa shape index (κ2) is 6.01. The summed E-state index contributed by atoms with van der Waals surface area (Å²) in [7, 11) is 0. The van der Waals surface area contributed by atoms with Crippen molar-refractivity contribution in [1.29, 1.82) is 0 Å². The number of aromatic nitrogens is 1. The number of hydrogen-bond acceptors (Lipinski definition) is 5. The molecular weight excluding hydrogens is 262 g/mol. The summed E-state index contributed by atoms with van der Waals surface area (Å²) in [6.07, 6.45) is 0.334. The molecule has 0 fully saturated rings. The van der Waals surface area contributed by atoms with E-state index < -0.39 is 11.9 Å². The number of carbonyl (C=O) groups excluding carboxylic acids is 1. The van der Waals surface area contributed by atoms with Crippen molar-refractivity contribution >= 4 is 11.9 Å². The number of carboxylic acid groups (broad SMARTS) is 1. The highest BCUT2D eigenvalue weighted by atomic mass is 16.5. The van der Waals surface area contributed by atoms with Crippen LogP contribution in [-0.2, 0) is 17.8 Å². The van der Waals surface area contributed by atoms with Gasteiger partial charge in [-0.1, -0.05) is 42.4 Å². The maximum atomic E-state index is 11.9. The third-order valence-electron chi connectivity index (χ3n) is 2.70. The summed E-state index contributed by atoms with van der Waals surface area (Å²) in [5, 5.41) is 12.6. The fourth-order valence-electron chi connectivity index (χ4n) is 1.72. The van der Waals surface area contributed by atoms with Crippen LogP contribution in [0.4, 0.5) is 0 Å². The highest BCUT2D eigenvalue weighted by Gasteiger charge is 2.27. The van der Waals surface area contributed by atoms with Crippen molar-refractivity contribution in [2.75, 3.05) is 0 Å². The Morgan fingerprint density at radius 2 is 2.00 bits per heavy atom. The molecule has 2 aromatic rings. The summed E-state index contributed by atoms with van der Waals surface area (Å²) < 4.78 is 9.89. The number of hydrogen-bond donors (Lipinski definition) is 1. The van der Waals surface area contributed by atoms with Crippen LogP contribution in [-0.4, -0.2) is 22.2 Å². The molecule has 1 N–H and O–H groups in total. The SMILES string of the molecule is CCc1onc(C(=O)OCc2ccccc2)c1C(=O)O. The molecule has 1 aromatic carbocycles. The van der Waals surface area contributed by atoms with Crippen LogP contribution in [0.3, 0.4) is 0 Å². The monoisotopic (exact) mass is 275 g/mol. The molecule has 0 aliphatic heterocycles. The lowest BCUT2D eigenvalue weighted by Crippen LogP contribution is -2.12. The molecule has 6 heteroatoms. The van der Waals surface area contributed by atoms with E-state index in [1.54, 1.807) is 19.1 Å². The number of benzene rings is 1. The zero-order chi connectivity index (χ0) is 14.5. The number of carboxylic acids is 1. The summed E-state index contributed by atoms with van der Waals surface area (Å²) in [5.41, 5.74) is 0.271. The third kappa shape index (κ3) is 2.85. The van der Waals surface area contributed by atoms with Gasteiger partial charge in [-0.25, -0.2) is 9.59 Å². The van der Waals surface area contributed by atoms with Crippen molar-refractivity contribution < 1.29 is 24.0 Å². The molecular formula is C14H13NO5. The van der Waals surface area contributed by atoms with Crippen molar-refractivity contribution in [2.45, 2.75) is 20.0 Å². The van der Waals surface area contributed by atoms with E-state index in [2.05, 4.69) is 5.16 Å². The summed E-state index contributed by atoms with van der Waals surface area (Å²) in [6, 6.07) is 9.07. The first-order valence-corrected chi connectivity index (χ1v) is 6.06. The second-order valence-corrected chi connectivity index (χ2v) is 4.05. The summed E-state index contributed by atoms with van der Waals surface area (Å²) in [6.45, 7) is 1.76. The smallest absolute Gasteiger partial charge is 0.361 e. The number of nitrogens with zero attached hydrogens (tertiary/aromatic N) is 1. The standard InChI is InChI=1S/C14H13NO5/c1-2-10-11(13(16)17)12(15-20-10)14(18)19-8-9-6-4-3-5-7-9/h3-7H,2,8H2,1H3,(H,16,17). The van der Waals surface area contributed by atoms with Gasteiger partial charge >= 0.3 is 11.9 Å². The molecule has 0 amide bonds. The molecule has 20 heavy (non-hydrogen) atoms. The summed E-state index contributed by atoms with van der Waals surface area (Å²) in [5.74, 6) is -1.91. The number of aromatic carboxylic acids is 1. The van der Waals surface area contributed by atoms with E-state index in [1.807, 2.05) is 18.2 Å². The van der Waals surface area contributed by atoms with Gasteiger partial charge in [-0.15, -0.1) is 0 Å². The van der Waals surface area contributed by atoms with Crippen molar-refractivity contribution in [3.63, 3.8) is 0 Å². The van der Waals surface area contributed by atoms with E-state index in [9.17, 15) is 9.59 Å². The van der Waals surface area contributed by atoms with E-state index in [4.69, 9.17) is 14.4 Å². The highest BCUT2D eigenvalue weighted by Crippen LogP contribution is 2.16. The molecule has 0 saturated carbocycles. The zero-order valence-electron chi connectivity index (χ0n) is 10.8. The van der Waals surface area contributed by atoms with Crippen molar-refractivity contribution in [3.05, 3.63) is 52.9 Å². The predicted molar refractivity (Wildman–Crippen MR) is 68.4 cm³/mol. The number of rotatable bonds is 5. The molecule has 0 aliphatic rings. The Hall–Kier alpha value is -2.63. The van der Waals surface area contributed by atoms with Gasteiger partial charge in [-0.2, -0.15) is 0 Å². The molecule has 104 valence electrons. The molecule has 0 spiro atoms. The van der Waals surface area contributed by atoms with E-state index in [0.29, 0.717) is 6.42 Å². The Morgan fingerprint density at radius 1 is 1.30 bits per heavy atom. The summed E-state index contributed by atoms with van der Waals surface area (Å²) >= 11 is 0. The van der Waals surface area contributed by atoms with Gasteiger partial charge in [0.2, 0.25) is 5.69 Å². The van der Waals surface area contributed by atoms with Gasteiger partial charge < -0.3 is 14.4 Å². The normalized spacial score (nSPS) is 10.2. The third-order valence-corrected chi connectivity index (χ3v) is 2.70. The number of ether oxygens (including phenoxy) is 1. The van der Waals surface area contributed by atoms with Crippen LogP contribution in [0.1, 0.15) is 39.1 Å². The molecule has 6 nitrogen and oxygen atoms in total. The van der Waals surface area contributed by atoms with Gasteiger partial charge in [0, 0.05) is 6.42 Å². The average Bonchev–Trinajstić information content (AvgIpc) is 2.90. The lowest BCUT2D eigenvalue weighted by Gasteiger charge is -2.03. The maximum absolute atomic E-state index is 11.9. The molecule has 0 radical (unpaired) electrons. The Labute approximate surface area is 115 Å². The second-order valence-electron chi connectivity index (χ2n) is 4.05. The fraction of sp³-hybridized carbons (Fsp3) is 0.214. The zero-order valence-corrected chi connectivity index (χ0v) is 10.8. The van der Waals surface area contributed by atoms with E-state index in [1.165, 1.54) is 0 Å². The predicted octanol–water partition coefficient (Wildman–Crippen LogP) is 2.29. The van der Waals surface area contributed by atoms with Gasteiger partial charge in [0.25, 0.3) is 0 Å². The Kier molecular flexibility index (Phi) is 4.14. The van der Waals surface area contributed by atoms with Crippen LogP contribution < -0.4 is 0 Å². The minimum Gasteiger partial charge on any atom is -0.477 e. The number of carbonyl (C=O) groups is 2. The Morgan fingerprint density at radius 3 is 2.60 bits per heavy atom. The molecule has 1 heterocycles. The van der Waals surface area contributed by atoms with Crippen LogP contribution in [0, 0.1) is 0 Å². The minimum atomic E-state index is -1.25. The van der Waals surface area contributed by atoms with Gasteiger partial charge in [0.1, 0.15) is 12.2 Å². The lowest BCUT2D eigenvalue weighted by atomic mass is 10.1. The topological polar surface area (TPSA) is 89.6 Å². The molecule has 0 bridgehead atoms. The molecule has 2 rings (SSSR count). The average molecular weight is 275 g/mol. The quantitative estimate of drug-likeness (QED) is 0.842. The van der Waals surface area contributed by atoms with Crippen molar-refractivity contribution in [3.8, 4) is 0 Å². The molecule has 0 saturated heterocycles. The van der Waals surface area contributed by atoms with Gasteiger partial charge in [0.15, 0.2) is 5.76 Å². The summed E-state index contributed by atoms with van der Waals surface area (Å²) in [4.78, 5) is 23.0. The first kappa shape index (κ1) is 13.8. The van der Waals surface area contributed by atoms with E-state index >= 15 is 0 Å². The van der Waals surface area contributed by atoms with Crippen LogP contribution in [0.5, 0.6) is 0 Å². The largest absolute Gasteiger partial charge is 0.477 e. The van der Waals surface area contributed by atoms with Gasteiger partial charge in [-0.3, -0.25) is 0 Å². The lowest BCUT2D eigenvalue weighted by molar-refractivity contribution is 0.0453. The van der Waals surface area contributed by atoms with Crippen molar-refractivity contribution in [1.82, 2.24) is 5.16 Å². The molecule has 1 aromatic heterocycles. The highest BCUT2D eigenvalue weighted by molar-refractivity contribution is 6.01. The Balaban J connectivity index is 2.14. The Bertz CT molecular complexity index is 618. The fourth-order valence-corrected chi connectivity index (χ4v) is 1.72. The molecule has 0 unspecified atom stereocenters. The maximum Gasteiger partial charge on any atom is 0.361 e. The van der Waals surface area contributed by atoms with Gasteiger partial charge in [-0.05, 0) is 5.56 Å². The van der Waals surface area contributed by atoms with Crippen LogP contribution >= 0.6 is 0 Å². The first-order chi connectivity index (χ1) is 9.63. The first-order valence-electron chi connectivity index (χ1n) is 6.06. The molecule has 0 atom stereocenters. The van der Waals surface area contributed by atoms with Crippen LogP contribution in [0.2, 0.25) is 0 Å². The van der Waals surface area contributed by atoms with Crippen molar-refractivity contribution in [2.24, 2.45) is 0 Å². The van der Waals surface area contributed by atoms with Gasteiger partial charge in [0.05, 0.1) is 0 Å². The van der Waals surface area contributed by atoms with E-state index in [-0.39, 0.29) is 23.6 Å².